The van der Waals surface area contributed by atoms with Gasteiger partial charge in [-0.15, -0.1) is 5.10 Å². The van der Waals surface area contributed by atoms with E-state index in [0.717, 1.165) is 5.01 Å². The van der Waals surface area contributed by atoms with Crippen molar-refractivity contribution in [3.8, 4) is 11.8 Å². The summed E-state index contributed by atoms with van der Waals surface area (Å²) in [6.07, 6.45) is 1.46. The van der Waals surface area contributed by atoms with E-state index < -0.39 is 0 Å². The molecule has 0 atom stereocenters. The number of anilines is 4. The Kier molecular flexibility index (Phi) is 6.58. The minimum atomic E-state index is 0.0791. The van der Waals surface area contributed by atoms with Crippen molar-refractivity contribution in [1.82, 2.24) is 14.6 Å². The number of nitrogens with one attached hydrogen (secondary N) is 4. The van der Waals surface area contributed by atoms with Crippen molar-refractivity contribution in [2.45, 2.75) is 6.92 Å². The van der Waals surface area contributed by atoms with E-state index in [4.69, 9.17) is 20.4 Å². The number of methoxy groups -OCH3 is 2. The molecule has 3 rings (SSSR count). The van der Waals surface area contributed by atoms with Crippen LogP contribution >= 0.6 is 0 Å². The first kappa shape index (κ1) is 21.5. The maximum absolute atomic E-state index is 9.37. The Labute approximate surface area is 178 Å². The molecule has 4 N–H and O–H groups in total. The second-order valence-electron chi connectivity index (χ2n) is 6.40. The zero-order valence-corrected chi connectivity index (χ0v) is 17.3. The van der Waals surface area contributed by atoms with Crippen LogP contribution in [0.5, 0.6) is 5.75 Å². The average Bonchev–Trinajstić information content (AvgIpc) is 3.17. The molecule has 160 valence electrons. The summed E-state index contributed by atoms with van der Waals surface area (Å²) in [5.74, 6) is 1.03. The maximum Gasteiger partial charge on any atom is 0.178 e. The number of hydrogen-bond acceptors (Lipinski definition) is 10. The molecule has 12 heteroatoms. The largest absolute Gasteiger partial charge is 0.497 e. The lowest BCUT2D eigenvalue weighted by Crippen LogP contribution is -2.20. The second kappa shape index (κ2) is 9.51. The minimum Gasteiger partial charge on any atom is -0.497 e. The molecule has 0 aliphatic heterocycles. The standard InChI is InChI=1S/C19H22N10O2/c1-12(21)28(27-22)14-6-13(7-16(8-14)31-3)25-18-9-17(23-4-5-30-2)19-24-11-15(10-20)29(19)26-18/h6-9,11,21-23H,4-5H2,1-3H3,(H,25,26). The van der Waals surface area contributed by atoms with Gasteiger partial charge in [-0.25, -0.2) is 9.99 Å². The number of hydrogen-bond donors (Lipinski definition) is 4. The summed E-state index contributed by atoms with van der Waals surface area (Å²) in [6.45, 7) is 2.57. The fraction of sp³-hybridized carbons (Fsp3) is 0.263. The highest BCUT2D eigenvalue weighted by Crippen LogP contribution is 2.30. The van der Waals surface area contributed by atoms with Gasteiger partial charge in [0.2, 0.25) is 0 Å². The molecule has 0 bridgehead atoms. The maximum atomic E-state index is 9.37. The van der Waals surface area contributed by atoms with E-state index in [1.54, 1.807) is 31.4 Å². The number of nitriles is 1. The van der Waals surface area contributed by atoms with Gasteiger partial charge in [-0.1, -0.05) is 5.22 Å². The van der Waals surface area contributed by atoms with Crippen LogP contribution < -0.4 is 20.4 Å². The van der Waals surface area contributed by atoms with Gasteiger partial charge in [0, 0.05) is 37.5 Å². The van der Waals surface area contributed by atoms with E-state index >= 15 is 0 Å². The number of imidazole rings is 1. The van der Waals surface area contributed by atoms with E-state index in [1.165, 1.54) is 24.7 Å². The van der Waals surface area contributed by atoms with Gasteiger partial charge in [-0.3, -0.25) is 5.41 Å². The summed E-state index contributed by atoms with van der Waals surface area (Å²) < 4.78 is 11.9. The normalized spacial score (nSPS) is 10.4. The van der Waals surface area contributed by atoms with Gasteiger partial charge in [0.15, 0.2) is 17.2 Å². The van der Waals surface area contributed by atoms with Crippen molar-refractivity contribution >= 4 is 34.4 Å². The lowest BCUT2D eigenvalue weighted by Gasteiger charge is -2.18. The average molecular weight is 422 g/mol. The fourth-order valence-corrected chi connectivity index (χ4v) is 2.89. The first-order valence-corrected chi connectivity index (χ1v) is 9.21. The Morgan fingerprint density at radius 2 is 2.13 bits per heavy atom. The molecule has 2 aromatic heterocycles. The molecule has 0 radical (unpaired) electrons. The molecule has 0 saturated carbocycles. The molecular formula is C19H22N10O2. The minimum absolute atomic E-state index is 0.0791. The van der Waals surface area contributed by atoms with Crippen molar-refractivity contribution in [2.75, 3.05) is 43.0 Å². The third-order valence-electron chi connectivity index (χ3n) is 4.27. The van der Waals surface area contributed by atoms with E-state index in [2.05, 4.69) is 32.0 Å². The number of aromatic nitrogens is 3. The first-order chi connectivity index (χ1) is 15.0. The van der Waals surface area contributed by atoms with Gasteiger partial charge in [0.05, 0.1) is 31.3 Å². The summed E-state index contributed by atoms with van der Waals surface area (Å²) in [7, 11) is 3.14. The monoisotopic (exact) mass is 422 g/mol. The molecule has 31 heavy (non-hydrogen) atoms. The van der Waals surface area contributed by atoms with Gasteiger partial charge in [-0.05, 0) is 13.0 Å². The SMILES string of the molecule is COCCNc1cc(Nc2cc(OC)cc(N(N=N)C(C)=N)c2)nn2c(C#N)cnc12. The summed E-state index contributed by atoms with van der Waals surface area (Å²) in [4.78, 5) is 4.27. The summed E-state index contributed by atoms with van der Waals surface area (Å²) in [5, 5.41) is 32.6. The van der Waals surface area contributed by atoms with Crippen LogP contribution in [0.15, 0.2) is 35.7 Å². The second-order valence-corrected chi connectivity index (χ2v) is 6.40. The van der Waals surface area contributed by atoms with Gasteiger partial charge in [-0.2, -0.15) is 15.3 Å². The Bertz CT molecular complexity index is 1150. The Morgan fingerprint density at radius 1 is 1.32 bits per heavy atom. The topological polar surface area (TPSA) is 160 Å². The van der Waals surface area contributed by atoms with Crippen LogP contribution in [0.4, 0.5) is 22.9 Å². The van der Waals surface area contributed by atoms with E-state index in [9.17, 15) is 5.26 Å². The van der Waals surface area contributed by atoms with Gasteiger partial charge in [0.1, 0.15) is 17.7 Å². The molecule has 0 amide bonds. The Morgan fingerprint density at radius 3 is 2.77 bits per heavy atom. The molecule has 1 aromatic carbocycles. The lowest BCUT2D eigenvalue weighted by molar-refractivity contribution is 0.211. The number of nitrogens with zero attached hydrogens (tertiary/aromatic N) is 6. The van der Waals surface area contributed by atoms with Crippen LogP contribution in [0, 0.1) is 22.3 Å². The van der Waals surface area contributed by atoms with Gasteiger partial charge < -0.3 is 20.1 Å². The number of rotatable bonds is 9. The van der Waals surface area contributed by atoms with Crippen molar-refractivity contribution in [3.63, 3.8) is 0 Å². The molecule has 0 fully saturated rings. The molecular weight excluding hydrogens is 400 g/mol. The zero-order chi connectivity index (χ0) is 22.4. The molecule has 0 spiro atoms. The van der Waals surface area contributed by atoms with Crippen molar-refractivity contribution in [2.24, 2.45) is 5.22 Å². The Balaban J connectivity index is 2.03. The van der Waals surface area contributed by atoms with E-state index in [1.807, 2.05) is 0 Å². The number of fused-ring (bicyclic) bond motifs is 1. The predicted molar refractivity (Wildman–Crippen MR) is 115 cm³/mol. The van der Waals surface area contributed by atoms with Gasteiger partial charge in [0.25, 0.3) is 0 Å². The smallest absolute Gasteiger partial charge is 0.178 e. The third-order valence-corrected chi connectivity index (χ3v) is 4.27. The highest BCUT2D eigenvalue weighted by Gasteiger charge is 2.14. The van der Waals surface area contributed by atoms with Crippen LogP contribution in [-0.2, 0) is 4.74 Å². The fourth-order valence-electron chi connectivity index (χ4n) is 2.89. The van der Waals surface area contributed by atoms with E-state index in [0.29, 0.717) is 53.1 Å². The van der Waals surface area contributed by atoms with Crippen LogP contribution in [0.2, 0.25) is 0 Å². The highest BCUT2D eigenvalue weighted by molar-refractivity contribution is 5.93. The Hall–Kier alpha value is -4.24. The molecule has 3 aromatic rings. The molecule has 0 aliphatic carbocycles. The predicted octanol–water partition coefficient (Wildman–Crippen LogP) is 3.16. The van der Waals surface area contributed by atoms with Crippen molar-refractivity contribution < 1.29 is 9.47 Å². The number of ether oxygens (including phenoxy) is 2. The number of amidine groups is 1. The quantitative estimate of drug-likeness (QED) is 0.134. The van der Waals surface area contributed by atoms with Crippen molar-refractivity contribution in [1.29, 1.82) is 16.2 Å². The molecule has 12 nitrogen and oxygen atoms in total. The molecule has 0 unspecified atom stereocenters. The molecule has 0 saturated heterocycles. The van der Waals surface area contributed by atoms with Crippen LogP contribution in [0.1, 0.15) is 12.6 Å². The van der Waals surface area contributed by atoms with Crippen molar-refractivity contribution in [3.05, 3.63) is 36.2 Å². The third kappa shape index (κ3) is 4.68. The highest BCUT2D eigenvalue weighted by atomic mass is 16.5. The molecule has 0 aliphatic rings. The lowest BCUT2D eigenvalue weighted by atomic mass is 10.2. The summed E-state index contributed by atoms with van der Waals surface area (Å²) in [5.41, 5.74) is 9.91. The van der Waals surface area contributed by atoms with Gasteiger partial charge >= 0.3 is 0 Å². The molecule has 2 heterocycles. The zero-order valence-electron chi connectivity index (χ0n) is 17.3. The summed E-state index contributed by atoms with van der Waals surface area (Å²) >= 11 is 0. The van der Waals surface area contributed by atoms with Crippen LogP contribution in [0.3, 0.4) is 0 Å². The van der Waals surface area contributed by atoms with E-state index in [-0.39, 0.29) is 5.84 Å². The van der Waals surface area contributed by atoms with Crippen LogP contribution in [0.25, 0.3) is 5.65 Å². The number of benzene rings is 1. The first-order valence-electron chi connectivity index (χ1n) is 9.21. The summed E-state index contributed by atoms with van der Waals surface area (Å²) in [6, 6.07) is 8.96. The van der Waals surface area contributed by atoms with Crippen LogP contribution in [-0.4, -0.2) is 47.8 Å².